The van der Waals surface area contributed by atoms with Gasteiger partial charge in [0.15, 0.2) is 5.69 Å². The van der Waals surface area contributed by atoms with Gasteiger partial charge in [-0.3, -0.25) is 4.79 Å². The molecule has 0 bridgehead atoms. The summed E-state index contributed by atoms with van der Waals surface area (Å²) in [5.41, 5.74) is 2.27. The Hall–Kier alpha value is -3.45. The largest absolute Gasteiger partial charge is 0.476 e. The molecule has 7 nitrogen and oxygen atoms in total. The Morgan fingerprint density at radius 3 is 2.44 bits per heavy atom. The first-order valence-corrected chi connectivity index (χ1v) is 8.39. The van der Waals surface area contributed by atoms with E-state index in [1.165, 1.54) is 10.7 Å². The number of nitrogens with zero attached hydrogens (tertiary/aromatic N) is 2. The first-order valence-electron chi connectivity index (χ1n) is 8.39. The number of rotatable bonds is 7. The molecule has 3 rings (SSSR count). The van der Waals surface area contributed by atoms with Crippen molar-refractivity contribution in [1.29, 1.82) is 0 Å². The fourth-order valence-corrected chi connectivity index (χ4v) is 2.39. The smallest absolute Gasteiger partial charge is 0.356 e. The molecule has 2 N–H and O–H groups in total. The van der Waals surface area contributed by atoms with Crippen LogP contribution in [0.2, 0.25) is 0 Å². The molecule has 0 aliphatic heterocycles. The lowest BCUT2D eigenvalue weighted by molar-refractivity contribution is -0.127. The minimum absolute atomic E-state index is 0.0308. The highest BCUT2D eigenvalue weighted by Gasteiger charge is 2.14. The summed E-state index contributed by atoms with van der Waals surface area (Å²) in [6, 6.07) is 18.0. The number of aromatic carboxylic acids is 1. The first-order chi connectivity index (χ1) is 13.0. The highest BCUT2D eigenvalue weighted by atomic mass is 16.5. The molecule has 7 heteroatoms. The summed E-state index contributed by atoms with van der Waals surface area (Å²) in [6.07, 6.45) is 0.963. The van der Waals surface area contributed by atoms with Crippen LogP contribution in [0.15, 0.2) is 66.9 Å². The van der Waals surface area contributed by atoms with Crippen molar-refractivity contribution in [2.75, 3.05) is 5.32 Å². The second-order valence-electron chi connectivity index (χ2n) is 5.93. The SMILES string of the molecule is CC(OCc1ccccc1)C(=O)Nc1ccc(-n2ccc(C(=O)O)n2)cc1. The van der Waals surface area contributed by atoms with Crippen LogP contribution in [0, 0.1) is 0 Å². The topological polar surface area (TPSA) is 93.5 Å². The zero-order valence-corrected chi connectivity index (χ0v) is 14.7. The lowest BCUT2D eigenvalue weighted by Gasteiger charge is -2.14. The number of anilines is 1. The third-order valence-corrected chi connectivity index (χ3v) is 3.92. The van der Waals surface area contributed by atoms with Gasteiger partial charge in [-0.15, -0.1) is 0 Å². The molecular weight excluding hydrogens is 346 g/mol. The summed E-state index contributed by atoms with van der Waals surface area (Å²) in [5, 5.41) is 15.7. The third-order valence-electron chi connectivity index (χ3n) is 3.92. The summed E-state index contributed by atoms with van der Waals surface area (Å²) in [6.45, 7) is 2.06. The van der Waals surface area contributed by atoms with Crippen molar-refractivity contribution in [2.24, 2.45) is 0 Å². The Morgan fingerprint density at radius 1 is 1.11 bits per heavy atom. The number of carbonyl (C=O) groups excluding carboxylic acids is 1. The van der Waals surface area contributed by atoms with Crippen molar-refractivity contribution < 1.29 is 19.4 Å². The molecule has 0 aliphatic rings. The molecule has 0 saturated heterocycles. The van der Waals surface area contributed by atoms with Crippen LogP contribution >= 0.6 is 0 Å². The molecule has 0 radical (unpaired) electrons. The molecule has 1 atom stereocenters. The van der Waals surface area contributed by atoms with Crippen molar-refractivity contribution in [3.05, 3.63) is 78.1 Å². The number of carboxylic acids is 1. The third kappa shape index (κ3) is 4.80. The molecule has 1 unspecified atom stereocenters. The van der Waals surface area contributed by atoms with E-state index in [1.54, 1.807) is 37.4 Å². The van der Waals surface area contributed by atoms with Crippen LogP contribution in [-0.4, -0.2) is 32.9 Å². The molecule has 0 aliphatic carbocycles. The van der Waals surface area contributed by atoms with Crippen molar-refractivity contribution in [3.63, 3.8) is 0 Å². The second kappa shape index (κ2) is 8.29. The number of hydrogen-bond donors (Lipinski definition) is 2. The Labute approximate surface area is 156 Å². The van der Waals surface area contributed by atoms with Crippen LogP contribution in [0.5, 0.6) is 0 Å². The maximum Gasteiger partial charge on any atom is 0.356 e. The molecule has 27 heavy (non-hydrogen) atoms. The molecule has 138 valence electrons. The van der Waals surface area contributed by atoms with Gasteiger partial charge in [0.1, 0.15) is 6.10 Å². The highest BCUT2D eigenvalue weighted by Crippen LogP contribution is 2.14. The Kier molecular flexibility index (Phi) is 5.63. The minimum atomic E-state index is -1.08. The Balaban J connectivity index is 1.56. The molecule has 0 spiro atoms. The van der Waals surface area contributed by atoms with E-state index in [9.17, 15) is 9.59 Å². The summed E-state index contributed by atoms with van der Waals surface area (Å²) in [5.74, 6) is -1.33. The van der Waals surface area contributed by atoms with Crippen molar-refractivity contribution in [2.45, 2.75) is 19.6 Å². The molecule has 1 amide bonds. The average molecular weight is 365 g/mol. The van der Waals surface area contributed by atoms with Gasteiger partial charge in [0.05, 0.1) is 12.3 Å². The zero-order valence-electron chi connectivity index (χ0n) is 14.7. The predicted molar refractivity (Wildman–Crippen MR) is 99.8 cm³/mol. The van der Waals surface area contributed by atoms with Crippen molar-refractivity contribution >= 4 is 17.6 Å². The van der Waals surface area contributed by atoms with E-state index in [0.717, 1.165) is 5.56 Å². The average Bonchev–Trinajstić information content (AvgIpc) is 3.18. The first kappa shape index (κ1) is 18.3. The van der Waals surface area contributed by atoms with Crippen LogP contribution in [0.3, 0.4) is 0 Å². The molecule has 0 saturated carbocycles. The maximum absolute atomic E-state index is 12.2. The van der Waals surface area contributed by atoms with Gasteiger partial charge in [-0.25, -0.2) is 9.48 Å². The highest BCUT2D eigenvalue weighted by molar-refractivity contribution is 5.94. The van der Waals surface area contributed by atoms with E-state index in [0.29, 0.717) is 18.0 Å². The predicted octanol–water partition coefficient (Wildman–Crippen LogP) is 3.11. The van der Waals surface area contributed by atoms with E-state index in [2.05, 4.69) is 10.4 Å². The van der Waals surface area contributed by atoms with Crippen LogP contribution < -0.4 is 5.32 Å². The van der Waals surface area contributed by atoms with E-state index in [4.69, 9.17) is 9.84 Å². The molecule has 3 aromatic rings. The fraction of sp³-hybridized carbons (Fsp3) is 0.150. The molecule has 2 aromatic carbocycles. The summed E-state index contributed by atoms with van der Waals surface area (Å²) < 4.78 is 7.06. The summed E-state index contributed by atoms with van der Waals surface area (Å²) >= 11 is 0. The van der Waals surface area contributed by atoms with Gasteiger partial charge in [-0.1, -0.05) is 30.3 Å². The molecule has 1 aromatic heterocycles. The van der Waals surface area contributed by atoms with Crippen LogP contribution in [0.1, 0.15) is 23.0 Å². The fourth-order valence-electron chi connectivity index (χ4n) is 2.39. The number of aromatic nitrogens is 2. The van der Waals surface area contributed by atoms with Gasteiger partial charge in [0.2, 0.25) is 0 Å². The number of amides is 1. The van der Waals surface area contributed by atoms with Gasteiger partial charge >= 0.3 is 5.97 Å². The number of carbonyl (C=O) groups is 2. The standard InChI is InChI=1S/C20H19N3O4/c1-14(27-13-15-5-3-2-4-6-15)19(24)21-16-7-9-17(10-8-16)23-12-11-18(22-23)20(25)26/h2-12,14H,13H2,1H3,(H,21,24)(H,25,26). The number of benzene rings is 2. The van der Waals surface area contributed by atoms with E-state index >= 15 is 0 Å². The number of nitrogens with one attached hydrogen (secondary N) is 1. The second-order valence-corrected chi connectivity index (χ2v) is 5.93. The maximum atomic E-state index is 12.2. The van der Waals surface area contributed by atoms with E-state index in [1.807, 2.05) is 30.3 Å². The quantitative estimate of drug-likeness (QED) is 0.671. The van der Waals surface area contributed by atoms with Crippen LogP contribution in [0.4, 0.5) is 5.69 Å². The van der Waals surface area contributed by atoms with Crippen molar-refractivity contribution in [3.8, 4) is 5.69 Å². The van der Waals surface area contributed by atoms with Crippen LogP contribution in [-0.2, 0) is 16.1 Å². The lowest BCUT2D eigenvalue weighted by atomic mass is 10.2. The number of carboxylic acid groups (broad SMARTS) is 1. The van der Waals surface area contributed by atoms with Crippen LogP contribution in [0.25, 0.3) is 5.69 Å². The molecular formula is C20H19N3O4. The van der Waals surface area contributed by atoms with E-state index < -0.39 is 12.1 Å². The zero-order chi connectivity index (χ0) is 19.2. The van der Waals surface area contributed by atoms with Crippen molar-refractivity contribution in [1.82, 2.24) is 9.78 Å². The normalized spacial score (nSPS) is 11.7. The van der Waals surface area contributed by atoms with E-state index in [-0.39, 0.29) is 11.6 Å². The van der Waals surface area contributed by atoms with Gasteiger partial charge in [0, 0.05) is 11.9 Å². The molecule has 0 fully saturated rings. The van der Waals surface area contributed by atoms with Gasteiger partial charge in [0.25, 0.3) is 5.91 Å². The van der Waals surface area contributed by atoms with Gasteiger partial charge in [-0.05, 0) is 42.8 Å². The van der Waals surface area contributed by atoms with Gasteiger partial charge in [-0.2, -0.15) is 5.10 Å². The Bertz CT molecular complexity index is 920. The summed E-state index contributed by atoms with van der Waals surface area (Å²) in [7, 11) is 0. The molecule has 1 heterocycles. The Morgan fingerprint density at radius 2 is 1.81 bits per heavy atom. The lowest BCUT2D eigenvalue weighted by Crippen LogP contribution is -2.27. The number of hydrogen-bond acceptors (Lipinski definition) is 4. The summed E-state index contributed by atoms with van der Waals surface area (Å²) in [4.78, 5) is 23.1. The number of ether oxygens (including phenoxy) is 1. The monoisotopic (exact) mass is 365 g/mol. The minimum Gasteiger partial charge on any atom is -0.476 e. The van der Waals surface area contributed by atoms with Gasteiger partial charge < -0.3 is 15.2 Å².